The summed E-state index contributed by atoms with van der Waals surface area (Å²) in [5.41, 5.74) is 3.43. The van der Waals surface area contributed by atoms with Gasteiger partial charge in [0.25, 0.3) is 0 Å². The van der Waals surface area contributed by atoms with Crippen LogP contribution in [0.5, 0.6) is 0 Å². The van der Waals surface area contributed by atoms with Gasteiger partial charge in [-0.1, -0.05) is 55.1 Å². The van der Waals surface area contributed by atoms with Gasteiger partial charge in [0.15, 0.2) is 4.34 Å². The predicted octanol–water partition coefficient (Wildman–Crippen LogP) is 3.95. The van der Waals surface area contributed by atoms with Gasteiger partial charge >= 0.3 is 0 Å². The van der Waals surface area contributed by atoms with Gasteiger partial charge in [-0.25, -0.2) is 4.68 Å². The van der Waals surface area contributed by atoms with Crippen LogP contribution in [0.2, 0.25) is 0 Å². The number of thioether (sulfide) groups is 1. The summed E-state index contributed by atoms with van der Waals surface area (Å²) in [5.74, 6) is 0.354. The van der Waals surface area contributed by atoms with Crippen LogP contribution in [0.15, 0.2) is 40.9 Å². The van der Waals surface area contributed by atoms with Crippen molar-refractivity contribution in [3.05, 3.63) is 52.8 Å². The van der Waals surface area contributed by atoms with Crippen molar-refractivity contribution in [2.24, 2.45) is 5.41 Å². The molecule has 28 heavy (non-hydrogen) atoms. The first-order chi connectivity index (χ1) is 13.4. The predicted molar refractivity (Wildman–Crippen MR) is 112 cm³/mol. The van der Waals surface area contributed by atoms with E-state index < -0.39 is 0 Å². The highest BCUT2D eigenvalue weighted by Crippen LogP contribution is 2.41. The Bertz CT molecular complexity index is 980. The second-order valence-corrected chi connectivity index (χ2v) is 10.2. The summed E-state index contributed by atoms with van der Waals surface area (Å²) in [6, 6.07) is 10.1. The van der Waals surface area contributed by atoms with Gasteiger partial charge in [0, 0.05) is 5.56 Å². The van der Waals surface area contributed by atoms with Crippen LogP contribution in [0, 0.1) is 12.3 Å². The fraction of sp³-hybridized carbons (Fsp3) is 0.400. The van der Waals surface area contributed by atoms with E-state index in [0.29, 0.717) is 5.75 Å². The fourth-order valence-corrected chi connectivity index (χ4v) is 5.29. The first-order valence-electron chi connectivity index (χ1n) is 9.26. The van der Waals surface area contributed by atoms with Crippen molar-refractivity contribution in [2.45, 2.75) is 44.0 Å². The molecule has 0 aliphatic heterocycles. The third-order valence-corrected chi connectivity index (χ3v) is 6.82. The third-order valence-electron chi connectivity index (χ3n) is 4.85. The maximum atomic E-state index is 12.6. The molecule has 0 spiro atoms. The maximum absolute atomic E-state index is 12.6. The lowest BCUT2D eigenvalue weighted by atomic mass is 9.74. The number of carbonyl (C=O) groups excluding carboxylic acids is 1. The highest BCUT2D eigenvalue weighted by atomic mass is 32.2. The number of benzene rings is 1. The van der Waals surface area contributed by atoms with E-state index in [1.165, 1.54) is 28.8 Å². The van der Waals surface area contributed by atoms with E-state index in [2.05, 4.69) is 46.6 Å². The molecule has 1 N–H and O–H groups in total. The molecule has 0 fully saturated rings. The van der Waals surface area contributed by atoms with Gasteiger partial charge in [-0.2, -0.15) is 5.10 Å². The monoisotopic (exact) mass is 413 g/mol. The zero-order valence-electron chi connectivity index (χ0n) is 16.2. The summed E-state index contributed by atoms with van der Waals surface area (Å²) in [7, 11) is 0. The van der Waals surface area contributed by atoms with Crippen molar-refractivity contribution in [1.29, 1.82) is 0 Å². The van der Waals surface area contributed by atoms with Gasteiger partial charge in [0.1, 0.15) is 5.01 Å². The zero-order valence-corrected chi connectivity index (χ0v) is 17.8. The molecule has 6 nitrogen and oxygen atoms in total. The number of fused-ring (bicyclic) bond motifs is 1. The van der Waals surface area contributed by atoms with E-state index in [1.807, 2.05) is 36.0 Å². The highest BCUT2D eigenvalue weighted by Gasteiger charge is 2.36. The summed E-state index contributed by atoms with van der Waals surface area (Å²) < 4.78 is 2.84. The second-order valence-electron chi connectivity index (χ2n) is 7.83. The minimum Gasteiger partial charge on any atom is -0.348 e. The number of nitrogens with one attached hydrogen (secondary N) is 1. The third kappa shape index (κ3) is 4.12. The molecule has 1 aliphatic rings. The number of hydrogen-bond acceptors (Lipinski definition) is 6. The van der Waals surface area contributed by atoms with E-state index in [-0.39, 0.29) is 17.4 Å². The van der Waals surface area contributed by atoms with Gasteiger partial charge in [-0.3, -0.25) is 4.79 Å². The molecule has 2 aromatic heterocycles. The molecule has 1 aromatic carbocycles. The number of para-hydroxylation sites is 1. The molecule has 3 aromatic rings. The van der Waals surface area contributed by atoms with Crippen molar-refractivity contribution in [3.8, 4) is 5.69 Å². The summed E-state index contributed by atoms with van der Waals surface area (Å²) in [6.07, 6.45) is 3.74. The molecule has 0 saturated carbocycles. The molecule has 0 unspecified atom stereocenters. The first-order valence-corrected chi connectivity index (χ1v) is 11.1. The van der Waals surface area contributed by atoms with Crippen molar-refractivity contribution in [3.63, 3.8) is 0 Å². The molecule has 1 amide bonds. The number of aryl methyl sites for hydroxylation is 1. The van der Waals surface area contributed by atoms with Crippen molar-refractivity contribution in [2.75, 3.05) is 5.75 Å². The smallest absolute Gasteiger partial charge is 0.230 e. The highest BCUT2D eigenvalue weighted by molar-refractivity contribution is 8.01. The molecule has 0 bridgehead atoms. The van der Waals surface area contributed by atoms with Gasteiger partial charge in [0.2, 0.25) is 5.91 Å². The van der Waals surface area contributed by atoms with Crippen LogP contribution in [0.1, 0.15) is 42.6 Å². The molecular weight excluding hydrogens is 390 g/mol. The van der Waals surface area contributed by atoms with Crippen molar-refractivity contribution < 1.29 is 4.79 Å². The van der Waals surface area contributed by atoms with Crippen LogP contribution >= 0.6 is 23.1 Å². The number of carbonyl (C=O) groups is 1. The first kappa shape index (κ1) is 19.1. The number of rotatable bonds is 5. The lowest BCUT2D eigenvalue weighted by Crippen LogP contribution is -2.37. The second kappa shape index (κ2) is 7.67. The standard InChI is InChI=1S/C20H23N5OS2/c1-13-23-24-19(28-13)27-12-18(26)22-16-9-20(2,3)10-17-15(16)11-21-25(17)14-7-5-4-6-8-14/h4-8,11,16H,9-10,12H2,1-3H3,(H,22,26)/t16-/m1/s1. The van der Waals surface area contributed by atoms with E-state index in [9.17, 15) is 4.79 Å². The average Bonchev–Trinajstić information content (AvgIpc) is 3.26. The van der Waals surface area contributed by atoms with Gasteiger partial charge in [-0.15, -0.1) is 10.2 Å². The summed E-state index contributed by atoms with van der Waals surface area (Å²) in [6.45, 7) is 6.41. The van der Waals surface area contributed by atoms with Crippen molar-refractivity contribution >= 4 is 29.0 Å². The molecule has 8 heteroatoms. The quantitative estimate of drug-likeness (QED) is 0.641. The van der Waals surface area contributed by atoms with E-state index in [0.717, 1.165) is 33.4 Å². The minimum absolute atomic E-state index is 0.0129. The van der Waals surface area contributed by atoms with Crippen LogP contribution in [-0.2, 0) is 11.2 Å². The van der Waals surface area contributed by atoms with Crippen LogP contribution in [0.4, 0.5) is 0 Å². The van der Waals surface area contributed by atoms with Gasteiger partial charge < -0.3 is 5.32 Å². The largest absolute Gasteiger partial charge is 0.348 e. The SMILES string of the molecule is Cc1nnc(SCC(=O)N[C@@H]2CC(C)(C)Cc3c2cnn3-c2ccccc2)s1. The zero-order chi connectivity index (χ0) is 19.7. The molecule has 2 heterocycles. The Kier molecular flexibility index (Phi) is 5.25. The van der Waals surface area contributed by atoms with Gasteiger partial charge in [-0.05, 0) is 37.3 Å². The Morgan fingerprint density at radius 1 is 1.32 bits per heavy atom. The molecule has 146 valence electrons. The number of hydrogen-bond donors (Lipinski definition) is 1. The maximum Gasteiger partial charge on any atom is 0.230 e. The lowest BCUT2D eigenvalue weighted by molar-refractivity contribution is -0.119. The minimum atomic E-state index is -0.0273. The van der Waals surface area contributed by atoms with Crippen LogP contribution in [0.3, 0.4) is 0 Å². The summed E-state index contributed by atoms with van der Waals surface area (Å²) >= 11 is 2.95. The Morgan fingerprint density at radius 2 is 2.11 bits per heavy atom. The Hall–Kier alpha value is -2.19. The number of nitrogens with zero attached hydrogens (tertiary/aromatic N) is 4. The molecule has 4 rings (SSSR count). The molecule has 1 atom stereocenters. The van der Waals surface area contributed by atoms with E-state index in [4.69, 9.17) is 0 Å². The van der Waals surface area contributed by atoms with E-state index in [1.54, 1.807) is 0 Å². The molecule has 0 radical (unpaired) electrons. The van der Waals surface area contributed by atoms with Gasteiger partial charge in [0.05, 0.1) is 29.4 Å². The molecule has 0 saturated heterocycles. The fourth-order valence-electron chi connectivity index (χ4n) is 3.66. The summed E-state index contributed by atoms with van der Waals surface area (Å²) in [5, 5.41) is 16.8. The normalized spacial score (nSPS) is 17.9. The van der Waals surface area contributed by atoms with Crippen LogP contribution < -0.4 is 5.32 Å². The molecular formula is C20H23N5OS2. The summed E-state index contributed by atoms with van der Waals surface area (Å²) in [4.78, 5) is 12.6. The van der Waals surface area contributed by atoms with E-state index >= 15 is 0 Å². The average molecular weight is 414 g/mol. The van der Waals surface area contributed by atoms with Crippen molar-refractivity contribution in [1.82, 2.24) is 25.3 Å². The van der Waals surface area contributed by atoms with Crippen LogP contribution in [0.25, 0.3) is 5.69 Å². The Morgan fingerprint density at radius 3 is 2.82 bits per heavy atom. The topological polar surface area (TPSA) is 72.7 Å². The lowest BCUT2D eigenvalue weighted by Gasteiger charge is -2.36. The Balaban J connectivity index is 1.52. The molecule has 1 aliphatic carbocycles. The van der Waals surface area contributed by atoms with Crippen LogP contribution in [-0.4, -0.2) is 31.6 Å². The Labute approximate surface area is 172 Å². The number of aromatic nitrogens is 4. The number of amides is 1.